The summed E-state index contributed by atoms with van der Waals surface area (Å²) < 4.78 is 0. The fraction of sp³-hybridized carbons (Fsp3) is 0.684. The van der Waals surface area contributed by atoms with Gasteiger partial charge in [-0.25, -0.2) is 4.79 Å². The van der Waals surface area contributed by atoms with Crippen molar-refractivity contribution in [1.82, 2.24) is 16.0 Å². The molecular formula is C19H36N8O7S. The Morgan fingerprint density at radius 1 is 0.914 bits per heavy atom. The monoisotopic (exact) mass is 520 g/mol. The van der Waals surface area contributed by atoms with Crippen LogP contribution in [0.5, 0.6) is 0 Å². The number of carboxylic acid groups (broad SMARTS) is 1. The van der Waals surface area contributed by atoms with E-state index in [-0.39, 0.29) is 31.8 Å². The first-order chi connectivity index (χ1) is 16.3. The number of thioether (sulfide) groups is 1. The summed E-state index contributed by atoms with van der Waals surface area (Å²) in [5.41, 5.74) is 21.2. The van der Waals surface area contributed by atoms with Crippen LogP contribution >= 0.6 is 11.8 Å². The van der Waals surface area contributed by atoms with Gasteiger partial charge in [-0.15, -0.1) is 0 Å². The first-order valence-corrected chi connectivity index (χ1v) is 12.1. The SMILES string of the molecule is CSCCC(NC(=O)C(N)C(C)O)C(=O)NC(CCCN=C(N)N)C(=O)NC(CC(N)=O)C(=O)O. The molecule has 200 valence electrons. The van der Waals surface area contributed by atoms with Crippen molar-refractivity contribution in [2.24, 2.45) is 27.9 Å². The molecule has 5 unspecified atom stereocenters. The van der Waals surface area contributed by atoms with E-state index < -0.39 is 66.3 Å². The van der Waals surface area contributed by atoms with E-state index in [1.54, 1.807) is 6.26 Å². The van der Waals surface area contributed by atoms with Crippen molar-refractivity contribution in [1.29, 1.82) is 0 Å². The zero-order valence-corrected chi connectivity index (χ0v) is 20.5. The van der Waals surface area contributed by atoms with Crippen LogP contribution in [0.1, 0.15) is 32.6 Å². The number of nitrogens with one attached hydrogen (secondary N) is 3. The van der Waals surface area contributed by atoms with Crippen molar-refractivity contribution in [3.05, 3.63) is 0 Å². The predicted octanol–water partition coefficient (Wildman–Crippen LogP) is -4.08. The van der Waals surface area contributed by atoms with E-state index in [0.717, 1.165) is 0 Å². The number of carbonyl (C=O) groups is 5. The molecule has 0 saturated heterocycles. The van der Waals surface area contributed by atoms with Gasteiger partial charge in [-0.3, -0.25) is 24.2 Å². The molecule has 0 saturated carbocycles. The van der Waals surface area contributed by atoms with E-state index in [1.807, 2.05) is 0 Å². The highest BCUT2D eigenvalue weighted by Crippen LogP contribution is 2.06. The number of aliphatic carboxylic acids is 1. The van der Waals surface area contributed by atoms with Gasteiger partial charge in [0, 0.05) is 6.54 Å². The lowest BCUT2D eigenvalue weighted by Gasteiger charge is -2.25. The molecule has 0 aromatic heterocycles. The Bertz CT molecular complexity index is 776. The highest BCUT2D eigenvalue weighted by Gasteiger charge is 2.31. The van der Waals surface area contributed by atoms with Crippen molar-refractivity contribution in [3.8, 4) is 0 Å². The molecule has 0 rings (SSSR count). The molecule has 0 heterocycles. The Morgan fingerprint density at radius 2 is 1.43 bits per heavy atom. The lowest BCUT2D eigenvalue weighted by molar-refractivity contribution is -0.143. The molecule has 0 aliphatic rings. The van der Waals surface area contributed by atoms with E-state index in [4.69, 9.17) is 22.9 Å². The Kier molecular flexibility index (Phi) is 15.0. The summed E-state index contributed by atoms with van der Waals surface area (Å²) in [6.07, 6.45) is 0.410. The van der Waals surface area contributed by atoms with Crippen molar-refractivity contribution >= 4 is 47.3 Å². The van der Waals surface area contributed by atoms with Crippen molar-refractivity contribution < 1.29 is 34.2 Å². The molecule has 5 atom stereocenters. The zero-order chi connectivity index (χ0) is 27.1. The molecule has 0 fully saturated rings. The minimum Gasteiger partial charge on any atom is -0.480 e. The third-order valence-electron chi connectivity index (χ3n) is 4.66. The lowest BCUT2D eigenvalue weighted by atomic mass is 10.1. The fourth-order valence-electron chi connectivity index (χ4n) is 2.71. The van der Waals surface area contributed by atoms with Gasteiger partial charge in [0.1, 0.15) is 24.2 Å². The van der Waals surface area contributed by atoms with Gasteiger partial charge in [0.2, 0.25) is 23.6 Å². The summed E-state index contributed by atoms with van der Waals surface area (Å²) in [4.78, 5) is 64.3. The summed E-state index contributed by atoms with van der Waals surface area (Å²) in [6.45, 7) is 1.45. The molecular weight excluding hydrogens is 484 g/mol. The first-order valence-electron chi connectivity index (χ1n) is 10.7. The molecule has 0 bridgehead atoms. The Balaban J connectivity index is 5.62. The fourth-order valence-corrected chi connectivity index (χ4v) is 3.18. The van der Waals surface area contributed by atoms with Gasteiger partial charge in [0.25, 0.3) is 0 Å². The van der Waals surface area contributed by atoms with Crippen molar-refractivity contribution in [2.45, 2.75) is 62.9 Å². The number of guanidine groups is 1. The standard InChI is InChI=1S/C19H36N8O7S/c1-9(28)14(21)17(32)26-11(5-7-35-2)16(31)25-10(4-3-6-24-19(22)23)15(30)27-12(18(33)34)8-13(20)29/h9-12,14,28H,3-8,21H2,1-2H3,(H2,20,29)(H,25,31)(H,26,32)(H,27,30)(H,33,34)(H4,22,23,24). The highest BCUT2D eigenvalue weighted by atomic mass is 32.2. The van der Waals surface area contributed by atoms with Gasteiger partial charge in [-0.1, -0.05) is 0 Å². The molecule has 0 aromatic carbocycles. The van der Waals surface area contributed by atoms with Gasteiger partial charge < -0.3 is 49.1 Å². The average Bonchev–Trinajstić information content (AvgIpc) is 2.76. The summed E-state index contributed by atoms with van der Waals surface area (Å²) in [5, 5.41) is 25.9. The summed E-state index contributed by atoms with van der Waals surface area (Å²) in [5.74, 6) is -4.50. The maximum absolute atomic E-state index is 13.0. The van der Waals surface area contributed by atoms with E-state index in [2.05, 4.69) is 20.9 Å². The lowest BCUT2D eigenvalue weighted by Crippen LogP contribution is -2.58. The number of amides is 4. The Labute approximate surface area is 207 Å². The number of aliphatic imine (C=N–C) groups is 1. The molecule has 0 radical (unpaired) electrons. The van der Waals surface area contributed by atoms with Crippen LogP contribution in [0.25, 0.3) is 0 Å². The molecule has 15 nitrogen and oxygen atoms in total. The van der Waals surface area contributed by atoms with E-state index >= 15 is 0 Å². The van der Waals surface area contributed by atoms with Crippen LogP contribution in [0, 0.1) is 0 Å². The number of primary amides is 1. The second-order valence-corrected chi connectivity index (χ2v) is 8.67. The summed E-state index contributed by atoms with van der Waals surface area (Å²) in [6, 6.07) is -5.21. The zero-order valence-electron chi connectivity index (χ0n) is 19.7. The smallest absolute Gasteiger partial charge is 0.326 e. The normalized spacial score (nSPS) is 15.0. The number of rotatable bonds is 17. The highest BCUT2D eigenvalue weighted by molar-refractivity contribution is 7.98. The van der Waals surface area contributed by atoms with Gasteiger partial charge in [0.05, 0.1) is 12.5 Å². The Hall–Kier alpha value is -3.11. The van der Waals surface area contributed by atoms with Crippen molar-refractivity contribution in [3.63, 3.8) is 0 Å². The van der Waals surface area contributed by atoms with Crippen LogP contribution < -0.4 is 38.9 Å². The molecule has 0 aromatic rings. The third-order valence-corrected chi connectivity index (χ3v) is 5.31. The molecule has 0 spiro atoms. The number of carboxylic acids is 1. The maximum Gasteiger partial charge on any atom is 0.326 e. The largest absolute Gasteiger partial charge is 0.480 e. The molecule has 16 heteroatoms. The Morgan fingerprint density at radius 3 is 1.89 bits per heavy atom. The third kappa shape index (κ3) is 13.4. The molecule has 0 aliphatic carbocycles. The predicted molar refractivity (Wildman–Crippen MR) is 130 cm³/mol. The minimum absolute atomic E-state index is 0.00759. The average molecular weight is 521 g/mol. The molecule has 0 aliphatic heterocycles. The van der Waals surface area contributed by atoms with Crippen molar-refractivity contribution in [2.75, 3.05) is 18.6 Å². The van der Waals surface area contributed by atoms with Gasteiger partial charge in [0.15, 0.2) is 5.96 Å². The first kappa shape index (κ1) is 31.9. The van der Waals surface area contributed by atoms with Crippen LogP contribution in [-0.2, 0) is 24.0 Å². The number of nitrogens with two attached hydrogens (primary N) is 4. The van der Waals surface area contributed by atoms with Crippen LogP contribution in [0.3, 0.4) is 0 Å². The number of aliphatic hydroxyl groups is 1. The summed E-state index contributed by atoms with van der Waals surface area (Å²) >= 11 is 1.41. The summed E-state index contributed by atoms with van der Waals surface area (Å²) in [7, 11) is 0. The number of nitrogens with zero attached hydrogens (tertiary/aromatic N) is 1. The number of aliphatic hydroxyl groups excluding tert-OH is 1. The number of hydrogen-bond acceptors (Lipinski definition) is 9. The number of hydrogen-bond donors (Lipinski definition) is 9. The van der Waals surface area contributed by atoms with Gasteiger partial charge in [-0.2, -0.15) is 11.8 Å². The topological polar surface area (TPSA) is 278 Å². The quantitative estimate of drug-likeness (QED) is 0.0505. The minimum atomic E-state index is -1.60. The van der Waals surface area contributed by atoms with Crippen LogP contribution in [0.15, 0.2) is 4.99 Å². The molecule has 13 N–H and O–H groups in total. The van der Waals surface area contributed by atoms with Gasteiger partial charge in [-0.05, 0) is 38.2 Å². The van der Waals surface area contributed by atoms with E-state index in [1.165, 1.54) is 18.7 Å². The van der Waals surface area contributed by atoms with E-state index in [0.29, 0.717) is 5.75 Å². The van der Waals surface area contributed by atoms with E-state index in [9.17, 15) is 34.2 Å². The van der Waals surface area contributed by atoms with Crippen LogP contribution in [0.2, 0.25) is 0 Å². The van der Waals surface area contributed by atoms with Crippen LogP contribution in [-0.4, -0.2) is 94.6 Å². The van der Waals surface area contributed by atoms with Crippen LogP contribution in [0.4, 0.5) is 0 Å². The second-order valence-electron chi connectivity index (χ2n) is 7.69. The maximum atomic E-state index is 13.0. The number of carbonyl (C=O) groups excluding carboxylic acids is 4. The van der Waals surface area contributed by atoms with Gasteiger partial charge >= 0.3 is 5.97 Å². The molecule has 4 amide bonds. The second kappa shape index (κ2) is 16.5. The molecule has 35 heavy (non-hydrogen) atoms.